The molecule has 1 aliphatic heterocycles. The maximum absolute atomic E-state index is 5.51. The molecule has 3 rings (SSSR count). The Morgan fingerprint density at radius 2 is 2.38 bits per heavy atom. The average molecular weight is 238 g/mol. The van der Waals surface area contributed by atoms with Crippen molar-refractivity contribution in [3.63, 3.8) is 0 Å². The van der Waals surface area contributed by atoms with Crippen LogP contribution >= 0.6 is 11.3 Å². The number of nitrogens with zero attached hydrogens (tertiary/aromatic N) is 1. The van der Waals surface area contributed by atoms with E-state index in [0.29, 0.717) is 12.0 Å². The largest absolute Gasteiger partial charge is 0.381 e. The lowest BCUT2D eigenvalue weighted by Gasteiger charge is -2.21. The second-order valence-electron chi connectivity index (χ2n) is 4.87. The molecule has 1 saturated heterocycles. The highest BCUT2D eigenvalue weighted by Gasteiger charge is 2.33. The van der Waals surface area contributed by atoms with Crippen LogP contribution in [0, 0.1) is 12.8 Å². The Balaban J connectivity index is 1.76. The Labute approximate surface area is 100 Å². The van der Waals surface area contributed by atoms with Gasteiger partial charge in [-0.3, -0.25) is 0 Å². The Morgan fingerprint density at radius 1 is 1.50 bits per heavy atom. The molecule has 2 unspecified atom stereocenters. The fraction of sp³-hybridized carbons (Fsp3) is 0.750. The molecule has 2 aliphatic rings. The van der Waals surface area contributed by atoms with Gasteiger partial charge in [0.1, 0.15) is 5.01 Å². The second-order valence-corrected chi connectivity index (χ2v) is 5.76. The minimum absolute atomic E-state index is 0.425. The van der Waals surface area contributed by atoms with Gasteiger partial charge in [0.15, 0.2) is 0 Å². The molecule has 0 spiro atoms. The molecule has 2 fully saturated rings. The third-order valence-corrected chi connectivity index (χ3v) is 4.38. The molecule has 1 aromatic heterocycles. The molecule has 2 heterocycles. The number of rotatable bonds is 4. The Kier molecular flexibility index (Phi) is 2.96. The number of hydrogen-bond acceptors (Lipinski definition) is 4. The molecule has 1 aliphatic carbocycles. The molecular weight excluding hydrogens is 220 g/mol. The van der Waals surface area contributed by atoms with Gasteiger partial charge >= 0.3 is 0 Å². The highest BCUT2D eigenvalue weighted by atomic mass is 32.1. The van der Waals surface area contributed by atoms with Gasteiger partial charge in [-0.1, -0.05) is 0 Å². The van der Waals surface area contributed by atoms with E-state index in [1.807, 2.05) is 0 Å². The zero-order valence-corrected chi connectivity index (χ0v) is 10.4. The maximum atomic E-state index is 5.51. The Bertz CT molecular complexity index is 356. The normalized spacial score (nSPS) is 27.2. The van der Waals surface area contributed by atoms with E-state index >= 15 is 0 Å². The minimum Gasteiger partial charge on any atom is -0.381 e. The van der Waals surface area contributed by atoms with Crippen LogP contribution < -0.4 is 5.32 Å². The predicted molar refractivity (Wildman–Crippen MR) is 64.7 cm³/mol. The molecule has 1 aromatic rings. The summed E-state index contributed by atoms with van der Waals surface area (Å²) in [5, 5.41) is 7.13. The first-order valence-corrected chi connectivity index (χ1v) is 6.97. The van der Waals surface area contributed by atoms with Gasteiger partial charge in [0.2, 0.25) is 0 Å². The first kappa shape index (κ1) is 10.7. The third-order valence-electron chi connectivity index (χ3n) is 3.33. The van der Waals surface area contributed by atoms with Crippen LogP contribution in [0.5, 0.6) is 0 Å². The van der Waals surface area contributed by atoms with Crippen LogP contribution in [0.15, 0.2) is 5.38 Å². The van der Waals surface area contributed by atoms with Crippen LogP contribution in [0.1, 0.15) is 36.0 Å². The number of nitrogens with one attached hydrogen (secondary N) is 1. The van der Waals surface area contributed by atoms with Gasteiger partial charge in [-0.05, 0) is 26.2 Å². The molecule has 3 nitrogen and oxygen atoms in total. The first-order valence-electron chi connectivity index (χ1n) is 6.09. The molecule has 88 valence electrons. The van der Waals surface area contributed by atoms with E-state index in [0.717, 1.165) is 24.9 Å². The first-order chi connectivity index (χ1) is 7.83. The lowest BCUT2D eigenvalue weighted by molar-refractivity contribution is 0.176. The average Bonchev–Trinajstić information content (AvgIpc) is 2.79. The minimum atomic E-state index is 0.425. The van der Waals surface area contributed by atoms with E-state index in [4.69, 9.17) is 4.74 Å². The SMILES string of the molecule is Cc1csc(C(NC2CC2)C2CCOC2)n1. The topological polar surface area (TPSA) is 34.1 Å². The van der Waals surface area contributed by atoms with E-state index in [-0.39, 0.29) is 0 Å². The summed E-state index contributed by atoms with van der Waals surface area (Å²) in [5.74, 6) is 0.617. The van der Waals surface area contributed by atoms with Crippen molar-refractivity contribution < 1.29 is 4.74 Å². The van der Waals surface area contributed by atoms with Gasteiger partial charge in [-0.2, -0.15) is 0 Å². The molecule has 4 heteroatoms. The van der Waals surface area contributed by atoms with Gasteiger partial charge in [-0.25, -0.2) is 4.98 Å². The maximum Gasteiger partial charge on any atom is 0.110 e. The summed E-state index contributed by atoms with van der Waals surface area (Å²) in [6.45, 7) is 3.88. The second kappa shape index (κ2) is 4.43. The number of aromatic nitrogens is 1. The van der Waals surface area contributed by atoms with Crippen molar-refractivity contribution in [1.82, 2.24) is 10.3 Å². The molecule has 0 radical (unpaired) electrons. The molecule has 0 aromatic carbocycles. The van der Waals surface area contributed by atoms with Crippen molar-refractivity contribution in [3.05, 3.63) is 16.1 Å². The fourth-order valence-corrected chi connectivity index (χ4v) is 3.19. The van der Waals surface area contributed by atoms with Gasteiger partial charge in [-0.15, -0.1) is 11.3 Å². The number of hydrogen-bond donors (Lipinski definition) is 1. The zero-order chi connectivity index (χ0) is 11.0. The molecular formula is C12H18N2OS. The smallest absolute Gasteiger partial charge is 0.110 e. The highest BCUT2D eigenvalue weighted by molar-refractivity contribution is 7.09. The third kappa shape index (κ3) is 2.29. The van der Waals surface area contributed by atoms with Crippen LogP contribution in [0.4, 0.5) is 0 Å². The van der Waals surface area contributed by atoms with Crippen molar-refractivity contribution in [3.8, 4) is 0 Å². The lowest BCUT2D eigenvalue weighted by atomic mass is 9.99. The van der Waals surface area contributed by atoms with Gasteiger partial charge < -0.3 is 10.1 Å². The van der Waals surface area contributed by atoms with Gasteiger partial charge in [0.05, 0.1) is 12.6 Å². The van der Waals surface area contributed by atoms with Crippen LogP contribution in [0.2, 0.25) is 0 Å². The van der Waals surface area contributed by atoms with Crippen LogP contribution in [-0.2, 0) is 4.74 Å². The van der Waals surface area contributed by atoms with Gasteiger partial charge in [0.25, 0.3) is 0 Å². The predicted octanol–water partition coefficient (Wildman–Crippen LogP) is 2.28. The van der Waals surface area contributed by atoms with E-state index in [2.05, 4.69) is 22.6 Å². The van der Waals surface area contributed by atoms with Crippen LogP contribution in [-0.4, -0.2) is 24.2 Å². The summed E-state index contributed by atoms with van der Waals surface area (Å²) < 4.78 is 5.51. The molecule has 0 amide bonds. The molecule has 2 atom stereocenters. The van der Waals surface area contributed by atoms with Crippen molar-refractivity contribution in [2.75, 3.05) is 13.2 Å². The number of ether oxygens (including phenoxy) is 1. The van der Waals surface area contributed by atoms with Gasteiger partial charge in [0, 0.05) is 29.6 Å². The molecule has 16 heavy (non-hydrogen) atoms. The fourth-order valence-electron chi connectivity index (χ4n) is 2.24. The van der Waals surface area contributed by atoms with E-state index in [1.165, 1.54) is 24.3 Å². The Hall–Kier alpha value is -0.450. The van der Waals surface area contributed by atoms with Crippen molar-refractivity contribution in [1.29, 1.82) is 0 Å². The van der Waals surface area contributed by atoms with Crippen LogP contribution in [0.3, 0.4) is 0 Å². The molecule has 0 bridgehead atoms. The molecule has 1 saturated carbocycles. The van der Waals surface area contributed by atoms with Crippen molar-refractivity contribution in [2.24, 2.45) is 5.92 Å². The quantitative estimate of drug-likeness (QED) is 0.874. The highest BCUT2D eigenvalue weighted by Crippen LogP contribution is 2.34. The summed E-state index contributed by atoms with van der Waals surface area (Å²) in [7, 11) is 0. The monoisotopic (exact) mass is 238 g/mol. The Morgan fingerprint density at radius 3 is 2.94 bits per heavy atom. The number of thiazole rings is 1. The van der Waals surface area contributed by atoms with E-state index in [1.54, 1.807) is 11.3 Å². The van der Waals surface area contributed by atoms with Crippen LogP contribution in [0.25, 0.3) is 0 Å². The lowest BCUT2D eigenvalue weighted by Crippen LogP contribution is -2.30. The van der Waals surface area contributed by atoms with Crippen molar-refractivity contribution >= 4 is 11.3 Å². The summed E-state index contributed by atoms with van der Waals surface area (Å²) in [6.07, 6.45) is 3.83. The number of aryl methyl sites for hydroxylation is 1. The summed E-state index contributed by atoms with van der Waals surface area (Å²) >= 11 is 1.79. The molecule has 1 N–H and O–H groups in total. The summed E-state index contributed by atoms with van der Waals surface area (Å²) in [4.78, 5) is 4.64. The van der Waals surface area contributed by atoms with Crippen molar-refractivity contribution in [2.45, 2.75) is 38.3 Å². The van der Waals surface area contributed by atoms with E-state index in [9.17, 15) is 0 Å². The van der Waals surface area contributed by atoms with E-state index < -0.39 is 0 Å². The summed E-state index contributed by atoms with van der Waals surface area (Å²) in [5.41, 5.74) is 1.14. The summed E-state index contributed by atoms with van der Waals surface area (Å²) in [6, 6.07) is 1.16. The zero-order valence-electron chi connectivity index (χ0n) is 9.61. The standard InChI is InChI=1S/C12H18N2OS/c1-8-7-16-12(13-8)11(14-10-2-3-10)9-4-5-15-6-9/h7,9-11,14H,2-6H2,1H3.